The molecular weight excluding hydrogens is 364 g/mol. The Morgan fingerprint density at radius 1 is 0.786 bits per heavy atom. The van der Waals surface area contributed by atoms with Crippen LogP contribution in [-0.4, -0.2) is 39.8 Å². The summed E-state index contributed by atoms with van der Waals surface area (Å²) in [7, 11) is 4.49. The molecule has 0 aliphatic carbocycles. The van der Waals surface area contributed by atoms with Gasteiger partial charge in [-0.25, -0.2) is 0 Å². The van der Waals surface area contributed by atoms with Crippen LogP contribution in [0.25, 0.3) is 0 Å². The number of ether oxygens (including phenoxy) is 4. The van der Waals surface area contributed by atoms with E-state index >= 15 is 0 Å². The number of rotatable bonds is 7. The van der Waals surface area contributed by atoms with Crippen molar-refractivity contribution in [2.45, 2.75) is 13.8 Å². The molecule has 2 amide bonds. The summed E-state index contributed by atoms with van der Waals surface area (Å²) in [6.07, 6.45) is 0. The maximum Gasteiger partial charge on any atom is 0.269 e. The Labute approximate surface area is 163 Å². The second-order valence-electron chi connectivity index (χ2n) is 5.71. The highest BCUT2D eigenvalue weighted by Gasteiger charge is 2.16. The maximum atomic E-state index is 12.4. The summed E-state index contributed by atoms with van der Waals surface area (Å²) in [5.74, 6) is 0.959. The van der Waals surface area contributed by atoms with E-state index < -0.39 is 11.8 Å². The topological polar surface area (TPSA) is 95.1 Å². The molecule has 0 atom stereocenters. The van der Waals surface area contributed by atoms with Crippen molar-refractivity contribution in [2.75, 3.05) is 27.9 Å². The lowest BCUT2D eigenvalue weighted by molar-refractivity contribution is 0.0846. The second kappa shape index (κ2) is 9.50. The van der Waals surface area contributed by atoms with Crippen molar-refractivity contribution in [2.24, 2.45) is 0 Å². The van der Waals surface area contributed by atoms with E-state index in [2.05, 4.69) is 10.9 Å². The van der Waals surface area contributed by atoms with Gasteiger partial charge in [-0.1, -0.05) is 0 Å². The molecular formula is C20H24N2O6. The Morgan fingerprint density at radius 2 is 1.29 bits per heavy atom. The van der Waals surface area contributed by atoms with Crippen LogP contribution in [-0.2, 0) is 0 Å². The number of carbonyl (C=O) groups excluding carboxylic acids is 2. The van der Waals surface area contributed by atoms with Crippen LogP contribution >= 0.6 is 0 Å². The first-order valence-corrected chi connectivity index (χ1v) is 8.59. The average Bonchev–Trinajstić information content (AvgIpc) is 2.72. The van der Waals surface area contributed by atoms with Crippen LogP contribution in [0.4, 0.5) is 0 Å². The third kappa shape index (κ3) is 4.64. The lowest BCUT2D eigenvalue weighted by Gasteiger charge is -2.14. The van der Waals surface area contributed by atoms with Crippen molar-refractivity contribution in [3.63, 3.8) is 0 Å². The van der Waals surface area contributed by atoms with Gasteiger partial charge in [0.05, 0.1) is 27.9 Å². The summed E-state index contributed by atoms with van der Waals surface area (Å²) in [5, 5.41) is 0. The fraction of sp³-hybridized carbons (Fsp3) is 0.300. The van der Waals surface area contributed by atoms with E-state index in [1.54, 1.807) is 24.3 Å². The smallest absolute Gasteiger partial charge is 0.269 e. The molecule has 8 heteroatoms. The number of hydrazine groups is 1. The summed E-state index contributed by atoms with van der Waals surface area (Å²) < 4.78 is 21.2. The largest absolute Gasteiger partial charge is 0.496 e. The van der Waals surface area contributed by atoms with Gasteiger partial charge in [0, 0.05) is 16.7 Å². The molecule has 0 saturated heterocycles. The lowest BCUT2D eigenvalue weighted by atomic mass is 10.1. The molecule has 2 N–H and O–H groups in total. The average molecular weight is 388 g/mol. The van der Waals surface area contributed by atoms with Gasteiger partial charge in [0.15, 0.2) is 11.5 Å². The van der Waals surface area contributed by atoms with Gasteiger partial charge >= 0.3 is 0 Å². The van der Waals surface area contributed by atoms with Crippen LogP contribution in [0, 0.1) is 6.92 Å². The molecule has 28 heavy (non-hydrogen) atoms. The molecule has 0 aliphatic rings. The highest BCUT2D eigenvalue weighted by Crippen LogP contribution is 2.29. The highest BCUT2D eigenvalue weighted by atomic mass is 16.5. The molecule has 2 aromatic rings. The van der Waals surface area contributed by atoms with E-state index in [1.165, 1.54) is 27.4 Å². The van der Waals surface area contributed by atoms with Crippen molar-refractivity contribution in [1.82, 2.24) is 10.9 Å². The Kier molecular flexibility index (Phi) is 7.08. The van der Waals surface area contributed by atoms with Gasteiger partial charge in [-0.15, -0.1) is 0 Å². The fourth-order valence-corrected chi connectivity index (χ4v) is 2.56. The zero-order valence-corrected chi connectivity index (χ0v) is 16.5. The monoisotopic (exact) mass is 388 g/mol. The normalized spacial score (nSPS) is 10.0. The highest BCUT2D eigenvalue weighted by molar-refractivity contribution is 5.99. The van der Waals surface area contributed by atoms with Crippen molar-refractivity contribution >= 4 is 11.8 Å². The first-order valence-electron chi connectivity index (χ1n) is 8.59. The molecule has 0 unspecified atom stereocenters. The van der Waals surface area contributed by atoms with Gasteiger partial charge < -0.3 is 18.9 Å². The van der Waals surface area contributed by atoms with Crippen molar-refractivity contribution in [3.8, 4) is 23.0 Å². The number of carbonyl (C=O) groups is 2. The Balaban J connectivity index is 2.11. The van der Waals surface area contributed by atoms with Crippen molar-refractivity contribution in [1.29, 1.82) is 0 Å². The maximum absolute atomic E-state index is 12.4. The van der Waals surface area contributed by atoms with E-state index in [1.807, 2.05) is 13.8 Å². The molecule has 8 nitrogen and oxygen atoms in total. The minimum Gasteiger partial charge on any atom is -0.496 e. The van der Waals surface area contributed by atoms with Crippen LogP contribution in [0.5, 0.6) is 23.0 Å². The summed E-state index contributed by atoms with van der Waals surface area (Å²) in [4.78, 5) is 24.8. The Hall–Kier alpha value is -3.42. The van der Waals surface area contributed by atoms with E-state index in [0.29, 0.717) is 35.2 Å². The molecule has 2 aromatic carbocycles. The summed E-state index contributed by atoms with van der Waals surface area (Å²) in [5.41, 5.74) is 6.11. The van der Waals surface area contributed by atoms with Crippen LogP contribution < -0.4 is 29.8 Å². The molecule has 0 saturated carbocycles. The number of hydrogen-bond donors (Lipinski definition) is 2. The predicted molar refractivity (Wildman–Crippen MR) is 103 cm³/mol. The zero-order valence-electron chi connectivity index (χ0n) is 16.5. The first-order chi connectivity index (χ1) is 13.4. The molecule has 0 spiro atoms. The van der Waals surface area contributed by atoms with Gasteiger partial charge in [0.1, 0.15) is 11.5 Å². The van der Waals surface area contributed by atoms with E-state index in [-0.39, 0.29) is 5.56 Å². The second-order valence-corrected chi connectivity index (χ2v) is 5.71. The van der Waals surface area contributed by atoms with E-state index in [9.17, 15) is 9.59 Å². The number of benzene rings is 2. The molecule has 150 valence electrons. The number of methoxy groups -OCH3 is 3. The van der Waals surface area contributed by atoms with Crippen LogP contribution in [0.1, 0.15) is 33.2 Å². The Morgan fingerprint density at radius 3 is 1.79 bits per heavy atom. The van der Waals surface area contributed by atoms with Crippen LogP contribution in [0.15, 0.2) is 30.3 Å². The minimum atomic E-state index is -0.511. The summed E-state index contributed by atoms with van der Waals surface area (Å²) in [6.45, 7) is 4.15. The van der Waals surface area contributed by atoms with E-state index in [0.717, 1.165) is 5.56 Å². The molecule has 2 rings (SSSR count). The molecule has 0 aliphatic heterocycles. The number of amides is 2. The number of nitrogens with one attached hydrogen (secondary N) is 2. The fourth-order valence-electron chi connectivity index (χ4n) is 2.56. The van der Waals surface area contributed by atoms with Gasteiger partial charge in [-0.05, 0) is 44.2 Å². The van der Waals surface area contributed by atoms with Gasteiger partial charge in [-0.2, -0.15) is 0 Å². The summed E-state index contributed by atoms with van der Waals surface area (Å²) >= 11 is 0. The number of hydrogen-bond acceptors (Lipinski definition) is 6. The molecule has 0 radical (unpaired) electrons. The van der Waals surface area contributed by atoms with E-state index in [4.69, 9.17) is 18.9 Å². The lowest BCUT2D eigenvalue weighted by Crippen LogP contribution is -2.41. The third-order valence-electron chi connectivity index (χ3n) is 4.03. The van der Waals surface area contributed by atoms with Gasteiger partial charge in [0.25, 0.3) is 11.8 Å². The zero-order chi connectivity index (χ0) is 20.7. The standard InChI is InChI=1S/C20H24N2O6/c1-6-28-15-8-7-13(9-18(15)27-5)19(23)21-22-20(24)14-10-16(25-3)12(2)17(11-14)26-4/h7-11H,6H2,1-5H3,(H,21,23)(H,22,24). The van der Waals surface area contributed by atoms with Crippen molar-refractivity contribution < 1.29 is 28.5 Å². The van der Waals surface area contributed by atoms with Crippen LogP contribution in [0.2, 0.25) is 0 Å². The molecule has 0 aromatic heterocycles. The predicted octanol–water partition coefficient (Wildman–Crippen LogP) is 2.49. The summed E-state index contributed by atoms with van der Waals surface area (Å²) in [6, 6.07) is 7.88. The molecule has 0 bridgehead atoms. The quantitative estimate of drug-likeness (QED) is 0.708. The molecule has 0 heterocycles. The van der Waals surface area contributed by atoms with Gasteiger partial charge in [-0.3, -0.25) is 20.4 Å². The first kappa shape index (κ1) is 20.9. The SMILES string of the molecule is CCOc1ccc(C(=O)NNC(=O)c2cc(OC)c(C)c(OC)c2)cc1OC. The third-order valence-corrected chi connectivity index (χ3v) is 4.03. The molecule has 0 fully saturated rings. The van der Waals surface area contributed by atoms with Crippen LogP contribution in [0.3, 0.4) is 0 Å². The van der Waals surface area contributed by atoms with Gasteiger partial charge in [0.2, 0.25) is 0 Å². The Bertz CT molecular complexity index is 841. The minimum absolute atomic E-state index is 0.281. The van der Waals surface area contributed by atoms with Crippen molar-refractivity contribution in [3.05, 3.63) is 47.0 Å².